The van der Waals surface area contributed by atoms with Crippen molar-refractivity contribution in [2.45, 2.75) is 25.8 Å². The lowest BCUT2D eigenvalue weighted by molar-refractivity contribution is -0.193. The number of aliphatic carboxylic acids is 2. The van der Waals surface area contributed by atoms with Crippen LogP contribution in [0.4, 0.5) is 26.3 Å². The predicted octanol–water partition coefficient (Wildman–Crippen LogP) is 2.75. The number of rotatable bonds is 4. The molecule has 2 atom stereocenters. The number of aromatic nitrogens is 1. The Kier molecular flexibility index (Phi) is 10.1. The summed E-state index contributed by atoms with van der Waals surface area (Å²) in [4.78, 5) is 24.9. The smallest absolute Gasteiger partial charge is 0.475 e. The number of nitrogens with zero attached hydrogens (tertiary/aromatic N) is 2. The van der Waals surface area contributed by atoms with Crippen molar-refractivity contribution in [3.05, 3.63) is 29.6 Å². The van der Waals surface area contributed by atoms with Gasteiger partial charge >= 0.3 is 24.3 Å². The Labute approximate surface area is 185 Å². The molecule has 0 radical (unpaired) electrons. The standard InChI is InChI=1S/C15H22N2O2.2C2HF3O2/c1-12-4-3-5-14(16-12)7-17-6-13-8-19-11-15(13,9-17)10-18-2;2*3-2(4,5)1(6)7/h3-5,13H,6-11H2,1-2H3;2*(H,6,7)/t13-,15-;;/m1../s1. The summed E-state index contributed by atoms with van der Waals surface area (Å²) in [6.07, 6.45) is -10.2. The number of pyridine rings is 1. The van der Waals surface area contributed by atoms with Crippen molar-refractivity contribution in [3.63, 3.8) is 0 Å². The predicted molar refractivity (Wildman–Crippen MR) is 100 cm³/mol. The number of carboxylic acids is 2. The average Bonchev–Trinajstić information content (AvgIpc) is 3.17. The van der Waals surface area contributed by atoms with Gasteiger partial charge in [0, 0.05) is 43.8 Å². The van der Waals surface area contributed by atoms with Crippen LogP contribution in [-0.2, 0) is 25.6 Å². The summed E-state index contributed by atoms with van der Waals surface area (Å²) in [6.45, 7) is 7.64. The Hall–Kier alpha value is -2.45. The molecule has 2 fully saturated rings. The topological polar surface area (TPSA) is 109 Å². The normalized spacial score (nSPS) is 22.5. The molecular weight excluding hydrogens is 466 g/mol. The molecule has 3 heterocycles. The molecule has 2 aliphatic rings. The molecule has 0 spiro atoms. The first kappa shape index (κ1) is 28.6. The number of ether oxygens (including phenoxy) is 2. The Balaban J connectivity index is 0.000000324. The van der Waals surface area contributed by atoms with Crippen LogP contribution < -0.4 is 0 Å². The molecule has 0 amide bonds. The molecule has 1 aromatic rings. The second kappa shape index (κ2) is 11.6. The Morgan fingerprint density at radius 1 is 1.18 bits per heavy atom. The van der Waals surface area contributed by atoms with E-state index in [0.717, 1.165) is 50.8 Å². The number of carboxylic acid groups (broad SMARTS) is 2. The minimum absolute atomic E-state index is 0.207. The molecule has 0 unspecified atom stereocenters. The van der Waals surface area contributed by atoms with Gasteiger partial charge in [0.25, 0.3) is 0 Å². The molecule has 2 saturated heterocycles. The zero-order valence-corrected chi connectivity index (χ0v) is 17.7. The van der Waals surface area contributed by atoms with E-state index in [4.69, 9.17) is 29.3 Å². The van der Waals surface area contributed by atoms with Crippen LogP contribution in [0.5, 0.6) is 0 Å². The summed E-state index contributed by atoms with van der Waals surface area (Å²) in [6, 6.07) is 6.24. The van der Waals surface area contributed by atoms with Crippen molar-refractivity contribution in [3.8, 4) is 0 Å². The molecule has 3 rings (SSSR count). The molecule has 0 aliphatic carbocycles. The van der Waals surface area contributed by atoms with Crippen molar-refractivity contribution in [2.24, 2.45) is 11.3 Å². The monoisotopic (exact) mass is 490 g/mol. The molecule has 0 bridgehead atoms. The van der Waals surface area contributed by atoms with Crippen LogP contribution >= 0.6 is 0 Å². The molecule has 2 aliphatic heterocycles. The van der Waals surface area contributed by atoms with E-state index < -0.39 is 24.3 Å². The number of aryl methyl sites for hydroxylation is 1. The first-order valence-corrected chi connectivity index (χ1v) is 9.42. The third-order valence-corrected chi connectivity index (χ3v) is 4.84. The molecule has 0 aromatic carbocycles. The Bertz CT molecular complexity index is 780. The van der Waals surface area contributed by atoms with Gasteiger partial charge < -0.3 is 19.7 Å². The highest BCUT2D eigenvalue weighted by Crippen LogP contribution is 2.41. The largest absolute Gasteiger partial charge is 0.490 e. The minimum atomic E-state index is -5.08. The fraction of sp³-hybridized carbons (Fsp3) is 0.632. The molecule has 14 heteroatoms. The van der Waals surface area contributed by atoms with Crippen LogP contribution in [0.25, 0.3) is 0 Å². The number of hydrogen-bond donors (Lipinski definition) is 2. The molecule has 33 heavy (non-hydrogen) atoms. The molecule has 188 valence electrons. The van der Waals surface area contributed by atoms with Gasteiger partial charge in [-0.2, -0.15) is 26.3 Å². The molecule has 2 N–H and O–H groups in total. The number of hydrogen-bond acceptors (Lipinski definition) is 6. The third-order valence-electron chi connectivity index (χ3n) is 4.84. The van der Waals surface area contributed by atoms with E-state index in [0.29, 0.717) is 5.92 Å². The van der Waals surface area contributed by atoms with Crippen LogP contribution in [0.3, 0.4) is 0 Å². The maximum Gasteiger partial charge on any atom is 0.490 e. The van der Waals surface area contributed by atoms with Gasteiger partial charge in [0.2, 0.25) is 0 Å². The van der Waals surface area contributed by atoms with Gasteiger partial charge in [-0.1, -0.05) is 6.07 Å². The minimum Gasteiger partial charge on any atom is -0.475 e. The van der Waals surface area contributed by atoms with Gasteiger partial charge in [-0.25, -0.2) is 9.59 Å². The Morgan fingerprint density at radius 3 is 2.18 bits per heavy atom. The van der Waals surface area contributed by atoms with Crippen molar-refractivity contribution in [1.82, 2.24) is 9.88 Å². The fourth-order valence-electron chi connectivity index (χ4n) is 3.47. The maximum atomic E-state index is 10.6. The van der Waals surface area contributed by atoms with Gasteiger partial charge in [0.1, 0.15) is 0 Å². The van der Waals surface area contributed by atoms with Gasteiger partial charge in [-0.05, 0) is 19.1 Å². The zero-order chi connectivity index (χ0) is 25.4. The third kappa shape index (κ3) is 9.14. The van der Waals surface area contributed by atoms with Crippen molar-refractivity contribution in [2.75, 3.05) is 40.0 Å². The second-order valence-electron chi connectivity index (χ2n) is 7.55. The summed E-state index contributed by atoms with van der Waals surface area (Å²) in [5, 5.41) is 14.2. The lowest BCUT2D eigenvalue weighted by Gasteiger charge is -2.26. The molecule has 0 saturated carbocycles. The molecular formula is C19H24F6N2O6. The van der Waals surface area contributed by atoms with Crippen molar-refractivity contribution >= 4 is 11.9 Å². The average molecular weight is 490 g/mol. The quantitative estimate of drug-likeness (QED) is 0.621. The van der Waals surface area contributed by atoms with Crippen LogP contribution in [0.15, 0.2) is 18.2 Å². The van der Waals surface area contributed by atoms with Crippen LogP contribution in [0, 0.1) is 18.3 Å². The zero-order valence-electron chi connectivity index (χ0n) is 17.7. The number of methoxy groups -OCH3 is 1. The summed E-state index contributed by atoms with van der Waals surface area (Å²) in [5.41, 5.74) is 2.46. The van der Waals surface area contributed by atoms with Crippen LogP contribution in [0.2, 0.25) is 0 Å². The molecule has 1 aromatic heterocycles. The number of alkyl halides is 6. The highest BCUT2D eigenvalue weighted by Gasteiger charge is 2.50. The van der Waals surface area contributed by atoms with E-state index in [2.05, 4.69) is 22.0 Å². The highest BCUT2D eigenvalue weighted by atomic mass is 19.4. The van der Waals surface area contributed by atoms with Gasteiger partial charge in [-0.15, -0.1) is 0 Å². The van der Waals surface area contributed by atoms with Crippen molar-refractivity contribution in [1.29, 1.82) is 0 Å². The highest BCUT2D eigenvalue weighted by molar-refractivity contribution is 5.73. The lowest BCUT2D eigenvalue weighted by atomic mass is 9.82. The first-order chi connectivity index (χ1) is 15.1. The van der Waals surface area contributed by atoms with Gasteiger partial charge in [0.05, 0.1) is 25.5 Å². The number of halogens is 6. The van der Waals surface area contributed by atoms with E-state index in [1.54, 1.807) is 7.11 Å². The number of likely N-dealkylation sites (tertiary alicyclic amines) is 1. The van der Waals surface area contributed by atoms with E-state index in [-0.39, 0.29) is 5.41 Å². The summed E-state index contributed by atoms with van der Waals surface area (Å²) in [5.74, 6) is -4.91. The SMILES string of the molecule is COC[C@]12COC[C@H]1CN(Cc1cccc(C)n1)C2.O=C(O)C(F)(F)F.O=C(O)C(F)(F)F. The maximum absolute atomic E-state index is 10.6. The summed E-state index contributed by atoms with van der Waals surface area (Å²) < 4.78 is 74.6. The number of fused-ring (bicyclic) bond motifs is 1. The van der Waals surface area contributed by atoms with Crippen LogP contribution in [-0.4, -0.2) is 84.4 Å². The lowest BCUT2D eigenvalue weighted by Crippen LogP contribution is -2.35. The van der Waals surface area contributed by atoms with E-state index in [1.165, 1.54) is 0 Å². The summed E-state index contributed by atoms with van der Waals surface area (Å²) >= 11 is 0. The van der Waals surface area contributed by atoms with E-state index in [9.17, 15) is 26.3 Å². The number of carbonyl (C=O) groups is 2. The van der Waals surface area contributed by atoms with Gasteiger partial charge in [-0.3, -0.25) is 9.88 Å². The van der Waals surface area contributed by atoms with E-state index >= 15 is 0 Å². The van der Waals surface area contributed by atoms with E-state index in [1.807, 2.05) is 13.0 Å². The van der Waals surface area contributed by atoms with Crippen LogP contribution in [0.1, 0.15) is 11.4 Å². The Morgan fingerprint density at radius 2 is 1.73 bits per heavy atom. The second-order valence-corrected chi connectivity index (χ2v) is 7.55. The molecule has 8 nitrogen and oxygen atoms in total. The fourth-order valence-corrected chi connectivity index (χ4v) is 3.47. The van der Waals surface area contributed by atoms with Gasteiger partial charge in [0.15, 0.2) is 0 Å². The first-order valence-electron chi connectivity index (χ1n) is 9.42. The van der Waals surface area contributed by atoms with Crippen molar-refractivity contribution < 1.29 is 55.6 Å². The summed E-state index contributed by atoms with van der Waals surface area (Å²) in [7, 11) is 1.79.